The number of benzene rings is 2. The summed E-state index contributed by atoms with van der Waals surface area (Å²) in [7, 11) is 3.67. The average Bonchev–Trinajstić information content (AvgIpc) is 2.98. The van der Waals surface area contributed by atoms with Crippen molar-refractivity contribution in [3.05, 3.63) is 64.9 Å². The minimum atomic E-state index is -0.270. The molecule has 25 heavy (non-hydrogen) atoms. The zero-order chi connectivity index (χ0) is 17.8. The van der Waals surface area contributed by atoms with Gasteiger partial charge in [-0.1, -0.05) is 24.3 Å². The predicted molar refractivity (Wildman–Crippen MR) is 98.8 cm³/mol. The van der Waals surface area contributed by atoms with Gasteiger partial charge in [0.2, 0.25) is 5.91 Å². The third kappa shape index (κ3) is 4.61. The highest BCUT2D eigenvalue weighted by molar-refractivity contribution is 7.18. The SMILES string of the molecule is CN(CC(=O)N(C)Cc1ccc(F)cc1)Cc1nc2ccccc2s1. The number of amides is 1. The van der Waals surface area contributed by atoms with Gasteiger partial charge in [-0.3, -0.25) is 9.69 Å². The van der Waals surface area contributed by atoms with Crippen LogP contribution in [0.15, 0.2) is 48.5 Å². The first-order valence-electron chi connectivity index (χ1n) is 8.02. The van der Waals surface area contributed by atoms with Gasteiger partial charge >= 0.3 is 0 Å². The van der Waals surface area contributed by atoms with Gasteiger partial charge < -0.3 is 4.90 Å². The van der Waals surface area contributed by atoms with Crippen molar-refractivity contribution in [1.82, 2.24) is 14.8 Å². The van der Waals surface area contributed by atoms with Crippen LogP contribution in [0.5, 0.6) is 0 Å². The van der Waals surface area contributed by atoms with Gasteiger partial charge in [0, 0.05) is 13.6 Å². The molecule has 4 nitrogen and oxygen atoms in total. The van der Waals surface area contributed by atoms with Crippen molar-refractivity contribution in [1.29, 1.82) is 0 Å². The summed E-state index contributed by atoms with van der Waals surface area (Å²) >= 11 is 1.65. The summed E-state index contributed by atoms with van der Waals surface area (Å²) in [6.45, 7) is 1.41. The van der Waals surface area contributed by atoms with Crippen LogP contribution in [0.4, 0.5) is 4.39 Å². The Morgan fingerprint density at radius 3 is 2.52 bits per heavy atom. The molecule has 0 aliphatic rings. The Morgan fingerprint density at radius 2 is 1.80 bits per heavy atom. The Labute approximate surface area is 150 Å². The van der Waals surface area contributed by atoms with Crippen molar-refractivity contribution in [2.24, 2.45) is 0 Å². The normalized spacial score (nSPS) is 11.2. The molecular weight excluding hydrogens is 337 g/mol. The predicted octanol–water partition coefficient (Wildman–Crippen LogP) is 3.53. The van der Waals surface area contributed by atoms with Gasteiger partial charge in [-0.2, -0.15) is 0 Å². The fraction of sp³-hybridized carbons (Fsp3) is 0.263. The van der Waals surface area contributed by atoms with Crippen LogP contribution in [0.3, 0.4) is 0 Å². The molecule has 0 unspecified atom stereocenters. The Bertz CT molecular complexity index is 829. The van der Waals surface area contributed by atoms with Crippen molar-refractivity contribution in [2.75, 3.05) is 20.6 Å². The Morgan fingerprint density at radius 1 is 1.08 bits per heavy atom. The van der Waals surface area contributed by atoms with E-state index in [1.54, 1.807) is 35.4 Å². The quantitative estimate of drug-likeness (QED) is 0.677. The maximum atomic E-state index is 12.9. The van der Waals surface area contributed by atoms with Gasteiger partial charge in [-0.15, -0.1) is 11.3 Å². The number of likely N-dealkylation sites (N-methyl/N-ethyl adjacent to an activating group) is 2. The molecule has 6 heteroatoms. The van der Waals surface area contributed by atoms with E-state index in [1.165, 1.54) is 12.1 Å². The first-order chi connectivity index (χ1) is 12.0. The average molecular weight is 357 g/mol. The lowest BCUT2D eigenvalue weighted by Crippen LogP contribution is -2.36. The lowest BCUT2D eigenvalue weighted by molar-refractivity contribution is -0.131. The number of fused-ring (bicyclic) bond motifs is 1. The number of para-hydroxylation sites is 1. The molecule has 1 aromatic heterocycles. The summed E-state index contributed by atoms with van der Waals surface area (Å²) in [6, 6.07) is 14.2. The molecule has 0 aliphatic carbocycles. The van der Waals surface area contributed by atoms with E-state index >= 15 is 0 Å². The van der Waals surface area contributed by atoms with E-state index in [9.17, 15) is 9.18 Å². The number of hydrogen-bond donors (Lipinski definition) is 0. The van der Waals surface area contributed by atoms with Crippen molar-refractivity contribution >= 4 is 27.5 Å². The Kier molecular flexibility index (Phi) is 5.40. The molecule has 0 N–H and O–H groups in total. The summed E-state index contributed by atoms with van der Waals surface area (Å²) in [5.74, 6) is -0.249. The van der Waals surface area contributed by atoms with Crippen LogP contribution in [0.25, 0.3) is 10.2 Å². The first-order valence-corrected chi connectivity index (χ1v) is 8.84. The molecule has 3 aromatic rings. The highest BCUT2D eigenvalue weighted by Crippen LogP contribution is 2.22. The minimum Gasteiger partial charge on any atom is -0.340 e. The van der Waals surface area contributed by atoms with Crippen LogP contribution in [0, 0.1) is 5.82 Å². The molecule has 0 fully saturated rings. The lowest BCUT2D eigenvalue weighted by atomic mass is 10.2. The topological polar surface area (TPSA) is 36.4 Å². The van der Waals surface area contributed by atoms with Crippen LogP contribution in [0.2, 0.25) is 0 Å². The van der Waals surface area contributed by atoms with E-state index in [-0.39, 0.29) is 11.7 Å². The lowest BCUT2D eigenvalue weighted by Gasteiger charge is -2.21. The van der Waals surface area contributed by atoms with E-state index in [0.29, 0.717) is 19.6 Å². The van der Waals surface area contributed by atoms with Crippen molar-refractivity contribution in [3.8, 4) is 0 Å². The molecule has 1 heterocycles. The standard InChI is InChI=1S/C19H20FN3OS/c1-22(12-18-21-16-5-3-4-6-17(16)25-18)13-19(24)23(2)11-14-7-9-15(20)10-8-14/h3-10H,11-13H2,1-2H3. The van der Waals surface area contributed by atoms with E-state index in [0.717, 1.165) is 20.8 Å². The molecule has 0 saturated carbocycles. The number of aromatic nitrogens is 1. The molecule has 0 spiro atoms. The largest absolute Gasteiger partial charge is 0.340 e. The second kappa shape index (κ2) is 7.72. The van der Waals surface area contributed by atoms with Gasteiger partial charge in [0.15, 0.2) is 0 Å². The molecular formula is C19H20FN3OS. The molecule has 0 atom stereocenters. The third-order valence-corrected chi connectivity index (χ3v) is 4.93. The number of halogens is 1. The van der Waals surface area contributed by atoms with Crippen LogP contribution in [0.1, 0.15) is 10.6 Å². The summed E-state index contributed by atoms with van der Waals surface area (Å²) in [4.78, 5) is 20.6. The van der Waals surface area contributed by atoms with Crippen LogP contribution >= 0.6 is 11.3 Å². The molecule has 2 aromatic carbocycles. The molecule has 0 radical (unpaired) electrons. The fourth-order valence-corrected chi connectivity index (χ4v) is 3.63. The molecule has 0 aliphatic heterocycles. The summed E-state index contributed by atoms with van der Waals surface area (Å²) < 4.78 is 14.1. The maximum absolute atomic E-state index is 12.9. The third-order valence-electron chi connectivity index (χ3n) is 3.91. The monoisotopic (exact) mass is 357 g/mol. The highest BCUT2D eigenvalue weighted by atomic mass is 32.1. The van der Waals surface area contributed by atoms with Gasteiger partial charge in [0.05, 0.1) is 23.3 Å². The molecule has 130 valence electrons. The molecule has 0 bridgehead atoms. The molecule has 0 saturated heterocycles. The van der Waals surface area contributed by atoms with Crippen LogP contribution in [-0.4, -0.2) is 41.3 Å². The smallest absolute Gasteiger partial charge is 0.236 e. The maximum Gasteiger partial charge on any atom is 0.236 e. The number of rotatable bonds is 6. The van der Waals surface area contributed by atoms with Crippen LogP contribution in [-0.2, 0) is 17.9 Å². The second-order valence-corrected chi connectivity index (χ2v) is 7.24. The van der Waals surface area contributed by atoms with E-state index in [4.69, 9.17) is 0 Å². The zero-order valence-corrected chi connectivity index (χ0v) is 15.1. The van der Waals surface area contributed by atoms with Crippen LogP contribution < -0.4 is 0 Å². The second-order valence-electron chi connectivity index (χ2n) is 6.12. The van der Waals surface area contributed by atoms with Crippen molar-refractivity contribution in [3.63, 3.8) is 0 Å². The van der Waals surface area contributed by atoms with E-state index < -0.39 is 0 Å². The number of carbonyl (C=O) groups is 1. The molecule has 1 amide bonds. The van der Waals surface area contributed by atoms with Gasteiger partial charge in [0.25, 0.3) is 0 Å². The number of thiazole rings is 1. The minimum absolute atomic E-state index is 0.0212. The van der Waals surface area contributed by atoms with Gasteiger partial charge in [0.1, 0.15) is 10.8 Å². The Balaban J connectivity index is 1.55. The summed E-state index contributed by atoms with van der Waals surface area (Å²) in [5, 5.41) is 0.998. The Hall–Kier alpha value is -2.31. The number of hydrogen-bond acceptors (Lipinski definition) is 4. The highest BCUT2D eigenvalue weighted by Gasteiger charge is 2.14. The summed E-state index contributed by atoms with van der Waals surface area (Å²) in [6.07, 6.45) is 0. The first kappa shape index (κ1) is 17.5. The van der Waals surface area contributed by atoms with Crippen molar-refractivity contribution < 1.29 is 9.18 Å². The van der Waals surface area contributed by atoms with Gasteiger partial charge in [-0.05, 0) is 36.9 Å². The fourth-order valence-electron chi connectivity index (χ4n) is 2.58. The van der Waals surface area contributed by atoms with Gasteiger partial charge in [-0.25, -0.2) is 9.37 Å². The summed E-state index contributed by atoms with van der Waals surface area (Å²) in [5.41, 5.74) is 1.90. The molecule has 3 rings (SSSR count). The van der Waals surface area contributed by atoms with E-state index in [1.807, 2.05) is 30.1 Å². The zero-order valence-electron chi connectivity index (χ0n) is 14.3. The number of nitrogens with zero attached hydrogens (tertiary/aromatic N) is 3. The number of carbonyl (C=O) groups excluding carboxylic acids is 1. The van der Waals surface area contributed by atoms with Crippen molar-refractivity contribution in [2.45, 2.75) is 13.1 Å². The van der Waals surface area contributed by atoms with E-state index in [2.05, 4.69) is 11.1 Å².